The fourth-order valence-electron chi connectivity index (χ4n) is 2.04. The molecule has 0 fully saturated rings. The summed E-state index contributed by atoms with van der Waals surface area (Å²) in [5.74, 6) is -2.58. The van der Waals surface area contributed by atoms with E-state index >= 15 is 0 Å². The average molecular weight is 321 g/mol. The van der Waals surface area contributed by atoms with Gasteiger partial charge in [-0.3, -0.25) is 4.40 Å². The van der Waals surface area contributed by atoms with Gasteiger partial charge in [0.15, 0.2) is 29.0 Å². The number of hydrogen-bond acceptors (Lipinski definition) is 4. The van der Waals surface area contributed by atoms with Crippen LogP contribution in [0, 0.1) is 23.0 Å². The Balaban J connectivity index is 2.14. The van der Waals surface area contributed by atoms with Crippen LogP contribution in [0.2, 0.25) is 5.15 Å². The second kappa shape index (κ2) is 5.58. The van der Waals surface area contributed by atoms with E-state index in [0.29, 0.717) is 11.3 Å². The Morgan fingerprint density at radius 1 is 1.27 bits per heavy atom. The molecule has 0 bridgehead atoms. The van der Waals surface area contributed by atoms with Gasteiger partial charge in [0, 0.05) is 18.0 Å². The van der Waals surface area contributed by atoms with Gasteiger partial charge in [-0.15, -0.1) is 0 Å². The van der Waals surface area contributed by atoms with Crippen molar-refractivity contribution in [1.82, 2.24) is 14.4 Å². The first-order valence-corrected chi connectivity index (χ1v) is 6.47. The van der Waals surface area contributed by atoms with Crippen LogP contribution in [0.4, 0.5) is 8.78 Å². The molecule has 3 aromatic rings. The van der Waals surface area contributed by atoms with Gasteiger partial charge in [0.25, 0.3) is 0 Å². The molecule has 0 aliphatic rings. The van der Waals surface area contributed by atoms with E-state index < -0.39 is 11.6 Å². The first kappa shape index (κ1) is 14.2. The van der Waals surface area contributed by atoms with E-state index in [4.69, 9.17) is 21.6 Å². The molecule has 3 rings (SSSR count). The normalized spacial score (nSPS) is 10.6. The summed E-state index contributed by atoms with van der Waals surface area (Å²) in [5.41, 5.74) is 0.655. The molecule has 22 heavy (non-hydrogen) atoms. The molecule has 1 aromatic carbocycles. The lowest BCUT2D eigenvalue weighted by molar-refractivity contribution is 0.337. The van der Waals surface area contributed by atoms with E-state index in [1.54, 1.807) is 12.3 Å². The number of benzene rings is 1. The zero-order chi connectivity index (χ0) is 15.7. The van der Waals surface area contributed by atoms with E-state index in [1.807, 2.05) is 0 Å². The van der Waals surface area contributed by atoms with Gasteiger partial charge in [-0.05, 0) is 12.1 Å². The molecule has 0 aliphatic carbocycles. The first-order chi connectivity index (χ1) is 10.6. The Hall–Kier alpha value is -2.72. The molecule has 0 N–H and O–H groups in total. The van der Waals surface area contributed by atoms with Crippen LogP contribution in [0.1, 0.15) is 0 Å². The minimum absolute atomic E-state index is 0.00317. The van der Waals surface area contributed by atoms with Gasteiger partial charge in [-0.1, -0.05) is 11.6 Å². The highest BCUT2D eigenvalue weighted by atomic mass is 35.5. The summed E-state index contributed by atoms with van der Waals surface area (Å²) in [6.45, 7) is -0.368. The van der Waals surface area contributed by atoms with E-state index in [9.17, 15) is 8.78 Å². The maximum absolute atomic E-state index is 14.3. The molecule has 0 atom stereocenters. The third kappa shape index (κ3) is 2.23. The molecule has 0 amide bonds. The molecule has 0 spiro atoms. The van der Waals surface area contributed by atoms with Gasteiger partial charge in [0.05, 0.1) is 11.9 Å². The summed E-state index contributed by atoms with van der Waals surface area (Å²) in [5, 5.41) is 8.57. The summed E-state index contributed by atoms with van der Waals surface area (Å²) >= 11 is 5.90. The van der Waals surface area contributed by atoms with Crippen molar-refractivity contribution in [2.24, 2.45) is 0 Å². The molecule has 2 heterocycles. The Bertz CT molecular complexity index is 904. The van der Waals surface area contributed by atoms with Crippen molar-refractivity contribution in [2.75, 3.05) is 6.61 Å². The quantitative estimate of drug-likeness (QED) is 0.743. The maximum atomic E-state index is 14.3. The van der Waals surface area contributed by atoms with Crippen molar-refractivity contribution in [3.8, 4) is 23.1 Å². The molecular formula is C14H7ClF2N4O. The number of hydrogen-bond donors (Lipinski definition) is 0. The van der Waals surface area contributed by atoms with Gasteiger partial charge >= 0.3 is 0 Å². The van der Waals surface area contributed by atoms with Crippen LogP contribution in [-0.4, -0.2) is 21.0 Å². The molecule has 2 aromatic heterocycles. The summed E-state index contributed by atoms with van der Waals surface area (Å²) in [6, 6.07) is 4.30. The lowest BCUT2D eigenvalue weighted by Crippen LogP contribution is -2.00. The van der Waals surface area contributed by atoms with Crippen molar-refractivity contribution < 1.29 is 13.5 Å². The second-order valence-corrected chi connectivity index (χ2v) is 4.60. The fraction of sp³-hybridized carbons (Fsp3) is 0.0714. The Morgan fingerprint density at radius 2 is 2.09 bits per heavy atom. The van der Waals surface area contributed by atoms with Crippen molar-refractivity contribution in [3.05, 3.63) is 47.5 Å². The molecule has 0 saturated carbocycles. The van der Waals surface area contributed by atoms with Crippen molar-refractivity contribution in [3.63, 3.8) is 0 Å². The number of halogens is 3. The number of nitriles is 1. The standard InChI is InChI=1S/C14H7ClF2N4O/c15-13-14-20-7-9(21(14)5-4-19-13)8-1-2-10(22-6-3-18)12(17)11(8)16/h1-2,4-5,7H,6H2. The predicted molar refractivity (Wildman–Crippen MR) is 74.5 cm³/mol. The van der Waals surface area contributed by atoms with Crippen molar-refractivity contribution in [1.29, 1.82) is 5.26 Å². The summed E-state index contributed by atoms with van der Waals surface area (Å²) in [6.07, 6.45) is 4.34. The van der Waals surface area contributed by atoms with E-state index in [-0.39, 0.29) is 23.1 Å². The minimum atomic E-state index is -1.16. The van der Waals surface area contributed by atoms with E-state index in [0.717, 1.165) is 0 Å². The van der Waals surface area contributed by atoms with Gasteiger partial charge in [0.2, 0.25) is 5.82 Å². The lowest BCUT2D eigenvalue weighted by atomic mass is 10.1. The van der Waals surface area contributed by atoms with Gasteiger partial charge in [-0.25, -0.2) is 14.4 Å². The summed E-state index contributed by atoms with van der Waals surface area (Å²) in [4.78, 5) is 7.91. The van der Waals surface area contributed by atoms with Crippen LogP contribution in [0.5, 0.6) is 5.75 Å². The fourth-order valence-corrected chi connectivity index (χ4v) is 2.23. The number of aromatic nitrogens is 3. The number of fused-ring (bicyclic) bond motifs is 1. The van der Waals surface area contributed by atoms with Crippen LogP contribution < -0.4 is 4.74 Å². The third-order valence-electron chi connectivity index (χ3n) is 3.00. The second-order valence-electron chi connectivity index (χ2n) is 4.24. The molecule has 0 saturated heterocycles. The average Bonchev–Trinajstić information content (AvgIpc) is 2.94. The number of rotatable bonds is 3. The van der Waals surface area contributed by atoms with Gasteiger partial charge in [0.1, 0.15) is 6.07 Å². The Kier molecular flexibility index (Phi) is 3.61. The van der Waals surface area contributed by atoms with Crippen molar-refractivity contribution >= 4 is 17.2 Å². The highest BCUT2D eigenvalue weighted by Gasteiger charge is 2.19. The monoisotopic (exact) mass is 320 g/mol. The van der Waals surface area contributed by atoms with E-state index in [1.165, 1.54) is 28.9 Å². The highest BCUT2D eigenvalue weighted by molar-refractivity contribution is 6.32. The topological polar surface area (TPSA) is 63.2 Å². The van der Waals surface area contributed by atoms with Gasteiger partial charge in [-0.2, -0.15) is 9.65 Å². The Morgan fingerprint density at radius 3 is 2.86 bits per heavy atom. The SMILES string of the molecule is N#CCOc1ccc(-c2cnc3c(Cl)nccn23)c(F)c1F. The molecule has 8 heteroatoms. The Labute approximate surface area is 128 Å². The molecule has 0 unspecified atom stereocenters. The van der Waals surface area contributed by atoms with Crippen LogP contribution in [0.25, 0.3) is 16.9 Å². The molecule has 5 nitrogen and oxygen atoms in total. The largest absolute Gasteiger partial charge is 0.476 e. The molecule has 110 valence electrons. The smallest absolute Gasteiger partial charge is 0.201 e. The zero-order valence-corrected chi connectivity index (χ0v) is 11.7. The van der Waals surface area contributed by atoms with Crippen LogP contribution in [-0.2, 0) is 0 Å². The number of nitrogens with zero attached hydrogens (tertiary/aromatic N) is 4. The zero-order valence-electron chi connectivity index (χ0n) is 10.9. The van der Waals surface area contributed by atoms with Crippen LogP contribution >= 0.6 is 11.6 Å². The molecular weight excluding hydrogens is 314 g/mol. The number of imidazole rings is 1. The van der Waals surface area contributed by atoms with Crippen LogP contribution in [0.3, 0.4) is 0 Å². The molecule has 0 radical (unpaired) electrons. The van der Waals surface area contributed by atoms with Crippen LogP contribution in [0.15, 0.2) is 30.7 Å². The minimum Gasteiger partial charge on any atom is -0.476 e. The third-order valence-corrected chi connectivity index (χ3v) is 3.27. The maximum Gasteiger partial charge on any atom is 0.201 e. The number of ether oxygens (including phenoxy) is 1. The molecule has 0 aliphatic heterocycles. The lowest BCUT2D eigenvalue weighted by Gasteiger charge is -2.08. The predicted octanol–water partition coefficient (Wildman–Crippen LogP) is 3.23. The van der Waals surface area contributed by atoms with Crippen molar-refractivity contribution in [2.45, 2.75) is 0 Å². The summed E-state index contributed by atoms with van der Waals surface area (Å²) < 4.78 is 34.6. The van der Waals surface area contributed by atoms with E-state index in [2.05, 4.69) is 9.97 Å². The first-order valence-electron chi connectivity index (χ1n) is 6.09. The van der Waals surface area contributed by atoms with Gasteiger partial charge < -0.3 is 4.74 Å². The highest BCUT2D eigenvalue weighted by Crippen LogP contribution is 2.30. The summed E-state index contributed by atoms with van der Waals surface area (Å²) in [7, 11) is 0.